The van der Waals surface area contributed by atoms with Gasteiger partial charge in [-0.25, -0.2) is 0 Å². The van der Waals surface area contributed by atoms with Crippen molar-refractivity contribution in [1.29, 1.82) is 0 Å². The number of guanidine groups is 1. The van der Waals surface area contributed by atoms with E-state index in [0.29, 0.717) is 32.1 Å². The van der Waals surface area contributed by atoms with Crippen molar-refractivity contribution in [3.63, 3.8) is 0 Å². The van der Waals surface area contributed by atoms with Gasteiger partial charge in [0.25, 0.3) is 0 Å². The van der Waals surface area contributed by atoms with E-state index >= 15 is 0 Å². The number of ether oxygens (including phenoxy) is 3. The zero-order valence-corrected chi connectivity index (χ0v) is 15.9. The first-order valence-electron chi connectivity index (χ1n) is 9.46. The van der Waals surface area contributed by atoms with Crippen LogP contribution < -0.4 is 10.1 Å². The molecule has 0 spiro atoms. The molecular formula is C19H26F3N3O3. The second-order valence-electron chi connectivity index (χ2n) is 6.75. The Bertz CT molecular complexity index is 646. The molecular weight excluding hydrogens is 375 g/mol. The summed E-state index contributed by atoms with van der Waals surface area (Å²) in [5.74, 6) is 1.15. The summed E-state index contributed by atoms with van der Waals surface area (Å²) in [4.78, 5) is 6.44. The summed E-state index contributed by atoms with van der Waals surface area (Å²) in [5.41, 5.74) is -0.688. The van der Waals surface area contributed by atoms with Crippen LogP contribution in [0.5, 0.6) is 5.75 Å². The zero-order chi connectivity index (χ0) is 20.0. The molecule has 156 valence electrons. The van der Waals surface area contributed by atoms with Gasteiger partial charge in [0.1, 0.15) is 18.5 Å². The third-order valence-electron chi connectivity index (χ3n) is 4.82. The third-order valence-corrected chi connectivity index (χ3v) is 4.82. The number of aliphatic imine (C=N–C) groups is 1. The maximum Gasteiger partial charge on any atom is 0.416 e. The lowest BCUT2D eigenvalue weighted by molar-refractivity contribution is -0.137. The minimum absolute atomic E-state index is 0.0400. The maximum absolute atomic E-state index is 12.6. The van der Waals surface area contributed by atoms with E-state index in [1.54, 1.807) is 7.05 Å². The highest BCUT2D eigenvalue weighted by molar-refractivity contribution is 5.80. The molecule has 9 heteroatoms. The van der Waals surface area contributed by atoms with Gasteiger partial charge in [-0.15, -0.1) is 0 Å². The highest BCUT2D eigenvalue weighted by atomic mass is 19.4. The molecule has 1 aromatic rings. The van der Waals surface area contributed by atoms with E-state index in [1.165, 1.54) is 12.1 Å². The molecule has 2 atom stereocenters. The minimum Gasteiger partial charge on any atom is -0.492 e. The first-order chi connectivity index (χ1) is 13.5. The van der Waals surface area contributed by atoms with Crippen LogP contribution >= 0.6 is 0 Å². The van der Waals surface area contributed by atoms with E-state index in [-0.39, 0.29) is 12.2 Å². The van der Waals surface area contributed by atoms with Gasteiger partial charge in [-0.3, -0.25) is 4.99 Å². The first-order valence-corrected chi connectivity index (χ1v) is 9.46. The van der Waals surface area contributed by atoms with E-state index in [4.69, 9.17) is 14.2 Å². The topological polar surface area (TPSA) is 55.3 Å². The predicted octanol–water partition coefficient (Wildman–Crippen LogP) is 2.54. The van der Waals surface area contributed by atoms with E-state index in [9.17, 15) is 13.2 Å². The molecule has 3 rings (SSSR count). The predicted molar refractivity (Wildman–Crippen MR) is 98.6 cm³/mol. The summed E-state index contributed by atoms with van der Waals surface area (Å²) in [6.07, 6.45) is -2.07. The van der Waals surface area contributed by atoms with Gasteiger partial charge >= 0.3 is 6.18 Å². The quantitative estimate of drug-likeness (QED) is 0.467. The SMILES string of the molecule is CN=C(NCCOc1ccc(C(F)(F)F)cc1)N1CCOC(C2CCCO2)C1. The molecule has 2 aliphatic heterocycles. The summed E-state index contributed by atoms with van der Waals surface area (Å²) in [5, 5.41) is 3.23. The maximum atomic E-state index is 12.6. The largest absolute Gasteiger partial charge is 0.492 e. The second kappa shape index (κ2) is 9.47. The van der Waals surface area contributed by atoms with Gasteiger partial charge in [-0.2, -0.15) is 13.2 Å². The van der Waals surface area contributed by atoms with Crippen molar-refractivity contribution in [2.45, 2.75) is 31.2 Å². The summed E-state index contributed by atoms with van der Waals surface area (Å²) < 4.78 is 54.8. The van der Waals surface area contributed by atoms with Crippen molar-refractivity contribution < 1.29 is 27.4 Å². The number of halogens is 3. The van der Waals surface area contributed by atoms with Gasteiger partial charge in [0, 0.05) is 26.7 Å². The molecule has 2 heterocycles. The van der Waals surface area contributed by atoms with Crippen molar-refractivity contribution in [1.82, 2.24) is 10.2 Å². The van der Waals surface area contributed by atoms with Crippen LogP contribution in [0.1, 0.15) is 18.4 Å². The number of alkyl halides is 3. The summed E-state index contributed by atoms with van der Waals surface area (Å²) in [7, 11) is 1.72. The molecule has 0 aromatic heterocycles. The van der Waals surface area contributed by atoms with Gasteiger partial charge in [-0.05, 0) is 37.1 Å². The van der Waals surface area contributed by atoms with Crippen LogP contribution in [-0.2, 0) is 15.7 Å². The third kappa shape index (κ3) is 5.51. The molecule has 2 unspecified atom stereocenters. The van der Waals surface area contributed by atoms with Crippen molar-refractivity contribution in [3.8, 4) is 5.75 Å². The van der Waals surface area contributed by atoms with Crippen LogP contribution in [0.25, 0.3) is 0 Å². The lowest BCUT2D eigenvalue weighted by Crippen LogP contribution is -2.53. The molecule has 2 aliphatic rings. The molecule has 0 amide bonds. The molecule has 1 N–H and O–H groups in total. The van der Waals surface area contributed by atoms with Gasteiger partial charge in [-0.1, -0.05) is 0 Å². The second-order valence-corrected chi connectivity index (χ2v) is 6.75. The van der Waals surface area contributed by atoms with E-state index < -0.39 is 11.7 Å². The number of hydrogen-bond acceptors (Lipinski definition) is 4. The zero-order valence-electron chi connectivity index (χ0n) is 15.9. The van der Waals surface area contributed by atoms with Gasteiger partial charge < -0.3 is 24.4 Å². The lowest BCUT2D eigenvalue weighted by atomic mass is 10.1. The smallest absolute Gasteiger partial charge is 0.416 e. The van der Waals surface area contributed by atoms with E-state index in [1.807, 2.05) is 0 Å². The Labute approximate surface area is 162 Å². The van der Waals surface area contributed by atoms with Crippen LogP contribution in [-0.4, -0.2) is 69.6 Å². The van der Waals surface area contributed by atoms with Gasteiger partial charge in [0.2, 0.25) is 0 Å². The summed E-state index contributed by atoms with van der Waals surface area (Å²) >= 11 is 0. The number of nitrogens with zero attached hydrogens (tertiary/aromatic N) is 2. The number of hydrogen-bond donors (Lipinski definition) is 1. The molecule has 0 aliphatic carbocycles. The van der Waals surface area contributed by atoms with Crippen LogP contribution in [0, 0.1) is 0 Å². The number of nitrogens with one attached hydrogen (secondary N) is 1. The molecule has 28 heavy (non-hydrogen) atoms. The molecule has 2 saturated heterocycles. The first kappa shape index (κ1) is 20.7. The fraction of sp³-hybridized carbons (Fsp3) is 0.632. The van der Waals surface area contributed by atoms with E-state index in [2.05, 4.69) is 15.2 Å². The van der Waals surface area contributed by atoms with Gasteiger partial charge in [0.05, 0.1) is 24.8 Å². The number of rotatable bonds is 5. The lowest BCUT2D eigenvalue weighted by Gasteiger charge is -2.37. The Balaban J connectivity index is 1.42. The fourth-order valence-electron chi connectivity index (χ4n) is 3.39. The van der Waals surface area contributed by atoms with Crippen molar-refractivity contribution in [3.05, 3.63) is 29.8 Å². The van der Waals surface area contributed by atoms with Crippen LogP contribution in [0.2, 0.25) is 0 Å². The average molecular weight is 401 g/mol. The number of benzene rings is 1. The summed E-state index contributed by atoms with van der Waals surface area (Å²) in [6.45, 7) is 3.65. The highest BCUT2D eigenvalue weighted by Gasteiger charge is 2.32. The fourth-order valence-corrected chi connectivity index (χ4v) is 3.39. The van der Waals surface area contributed by atoms with Crippen LogP contribution in [0.4, 0.5) is 13.2 Å². The van der Waals surface area contributed by atoms with Crippen LogP contribution in [0.15, 0.2) is 29.3 Å². The molecule has 2 fully saturated rings. The average Bonchev–Trinajstić information content (AvgIpc) is 3.23. The van der Waals surface area contributed by atoms with Crippen LogP contribution in [0.3, 0.4) is 0 Å². The van der Waals surface area contributed by atoms with Crippen molar-refractivity contribution >= 4 is 5.96 Å². The molecule has 0 saturated carbocycles. The minimum atomic E-state index is -4.34. The van der Waals surface area contributed by atoms with Gasteiger partial charge in [0.15, 0.2) is 5.96 Å². The number of morpholine rings is 1. The normalized spacial score (nSPS) is 23.7. The highest BCUT2D eigenvalue weighted by Crippen LogP contribution is 2.30. The molecule has 0 radical (unpaired) electrons. The molecule has 0 bridgehead atoms. The van der Waals surface area contributed by atoms with Crippen molar-refractivity contribution in [2.24, 2.45) is 4.99 Å². The molecule has 6 nitrogen and oxygen atoms in total. The Morgan fingerprint density at radius 1 is 1.21 bits per heavy atom. The Morgan fingerprint density at radius 2 is 1.96 bits per heavy atom. The summed E-state index contributed by atoms with van der Waals surface area (Å²) in [6, 6.07) is 4.68. The monoisotopic (exact) mass is 401 g/mol. The standard InChI is InChI=1S/C19H26F3N3O3/c1-23-18(25-9-12-28-17(13-25)16-3-2-10-27-16)24-8-11-26-15-6-4-14(5-7-15)19(20,21)22/h4-7,16-17H,2-3,8-13H2,1H3,(H,23,24). The molecule has 1 aromatic carbocycles. The Kier molecular flexibility index (Phi) is 7.01. The van der Waals surface area contributed by atoms with E-state index in [0.717, 1.165) is 44.1 Å². The Hall–Kier alpha value is -2.00. The Morgan fingerprint density at radius 3 is 2.61 bits per heavy atom. The van der Waals surface area contributed by atoms with Crippen molar-refractivity contribution in [2.75, 3.05) is 46.5 Å².